The number of rotatable bonds is 7. The van der Waals surface area contributed by atoms with Crippen LogP contribution in [0.5, 0.6) is 0 Å². The Hall–Kier alpha value is -6.18. The SMILES string of the molecule is CC1CC2C[C@@H](C)CC(c3ccc(-c4nc(-c5cccc(-c6ccccc6)c5)nc(-c5ccc(-c6ccccc6)cc5-c5ccc(C#N)cc5)n4)cc3)(C1)C2. The Morgan fingerprint density at radius 3 is 1.64 bits per heavy atom. The second kappa shape index (κ2) is 14.6. The largest absolute Gasteiger partial charge is 0.208 e. The van der Waals surface area contributed by atoms with Gasteiger partial charge in [-0.05, 0) is 125 Å². The zero-order chi connectivity index (χ0) is 37.4. The molecule has 0 aliphatic heterocycles. The summed E-state index contributed by atoms with van der Waals surface area (Å²) in [6.45, 7) is 4.90. The van der Waals surface area contributed by atoms with E-state index in [9.17, 15) is 5.26 Å². The molecule has 6 aromatic carbocycles. The number of benzene rings is 6. The second-order valence-corrected chi connectivity index (χ2v) is 16.1. The van der Waals surface area contributed by atoms with Gasteiger partial charge in [0.15, 0.2) is 17.5 Å². The first-order chi connectivity index (χ1) is 26.9. The lowest BCUT2D eigenvalue weighted by Crippen LogP contribution is -2.42. The van der Waals surface area contributed by atoms with E-state index in [0.29, 0.717) is 23.0 Å². The summed E-state index contributed by atoms with van der Waals surface area (Å²) in [5.74, 6) is 4.22. The molecule has 268 valence electrons. The van der Waals surface area contributed by atoms with E-state index in [0.717, 1.165) is 67.8 Å². The van der Waals surface area contributed by atoms with Crippen LogP contribution in [0.3, 0.4) is 0 Å². The Kier molecular flexibility index (Phi) is 9.16. The van der Waals surface area contributed by atoms with E-state index in [1.165, 1.54) is 37.7 Å². The van der Waals surface area contributed by atoms with Crippen molar-refractivity contribution in [1.29, 1.82) is 5.26 Å². The number of fused-ring (bicyclic) bond motifs is 2. The Bertz CT molecular complexity index is 2480. The van der Waals surface area contributed by atoms with Gasteiger partial charge in [-0.25, -0.2) is 15.0 Å². The third-order valence-corrected chi connectivity index (χ3v) is 11.9. The van der Waals surface area contributed by atoms with E-state index < -0.39 is 0 Å². The monoisotopic (exact) mass is 712 g/mol. The molecule has 2 aliphatic rings. The fraction of sp³-hybridized carbons (Fsp3) is 0.216. The van der Waals surface area contributed by atoms with E-state index in [-0.39, 0.29) is 5.41 Å². The van der Waals surface area contributed by atoms with Crippen molar-refractivity contribution in [2.75, 3.05) is 0 Å². The van der Waals surface area contributed by atoms with Crippen LogP contribution in [0.15, 0.2) is 152 Å². The van der Waals surface area contributed by atoms with Gasteiger partial charge in [-0.1, -0.05) is 135 Å². The van der Waals surface area contributed by atoms with Gasteiger partial charge in [-0.3, -0.25) is 0 Å². The summed E-state index contributed by atoms with van der Waals surface area (Å²) in [7, 11) is 0. The summed E-state index contributed by atoms with van der Waals surface area (Å²) in [6.07, 6.45) is 6.56. The maximum Gasteiger partial charge on any atom is 0.164 e. The molecular weight excluding hydrogens is 669 g/mol. The maximum absolute atomic E-state index is 9.57. The molecule has 7 aromatic rings. The first-order valence-corrected chi connectivity index (χ1v) is 19.7. The van der Waals surface area contributed by atoms with Crippen LogP contribution >= 0.6 is 0 Å². The van der Waals surface area contributed by atoms with E-state index in [1.807, 2.05) is 36.4 Å². The highest BCUT2D eigenvalue weighted by Crippen LogP contribution is 2.54. The molecule has 1 aromatic heterocycles. The molecule has 0 saturated heterocycles. The molecule has 4 nitrogen and oxygen atoms in total. The summed E-state index contributed by atoms with van der Waals surface area (Å²) >= 11 is 0. The standard InChI is InChI=1S/C51H44N4/c1-34-26-37-27-35(2)31-51(30-34,32-37)45-23-20-41(21-24-45)48-53-49(44-15-9-14-42(28-44)38-10-5-3-6-11-38)55-50(54-48)46-25-22-43(39-12-7-4-8-13-39)29-47(46)40-18-16-36(33-52)17-19-40/h3-25,28-29,34-35,37H,26-27,30-32H2,1-2H3/t34-,35?,37?,51?/m1/s1. The number of hydrogen-bond donors (Lipinski definition) is 0. The Labute approximate surface area is 324 Å². The molecule has 55 heavy (non-hydrogen) atoms. The summed E-state index contributed by atoms with van der Waals surface area (Å²) in [6, 6.07) is 55.0. The highest BCUT2D eigenvalue weighted by atomic mass is 15.0. The smallest absolute Gasteiger partial charge is 0.164 e. The molecule has 4 atom stereocenters. The van der Waals surface area contributed by atoms with Crippen LogP contribution in [0.25, 0.3) is 67.5 Å². The first-order valence-electron chi connectivity index (χ1n) is 19.7. The van der Waals surface area contributed by atoms with Crippen LogP contribution in [-0.2, 0) is 5.41 Å². The van der Waals surface area contributed by atoms with Crippen LogP contribution in [0.1, 0.15) is 57.1 Å². The van der Waals surface area contributed by atoms with E-state index in [4.69, 9.17) is 15.0 Å². The highest BCUT2D eigenvalue weighted by molar-refractivity contribution is 5.86. The highest BCUT2D eigenvalue weighted by Gasteiger charge is 2.45. The Balaban J connectivity index is 1.19. The molecule has 0 radical (unpaired) electrons. The van der Waals surface area contributed by atoms with Gasteiger partial charge >= 0.3 is 0 Å². The molecular formula is C51H44N4. The topological polar surface area (TPSA) is 62.5 Å². The van der Waals surface area contributed by atoms with E-state index in [1.54, 1.807) is 0 Å². The molecule has 2 saturated carbocycles. The van der Waals surface area contributed by atoms with Crippen molar-refractivity contribution >= 4 is 0 Å². The van der Waals surface area contributed by atoms with Crippen LogP contribution in [-0.4, -0.2) is 15.0 Å². The third-order valence-electron chi connectivity index (χ3n) is 11.9. The average Bonchev–Trinajstić information content (AvgIpc) is 3.23. The molecule has 9 rings (SSSR count). The number of aromatic nitrogens is 3. The van der Waals surface area contributed by atoms with E-state index >= 15 is 0 Å². The summed E-state index contributed by atoms with van der Waals surface area (Å²) in [5, 5.41) is 9.57. The molecule has 2 bridgehead atoms. The quantitative estimate of drug-likeness (QED) is 0.165. The minimum absolute atomic E-state index is 0.252. The van der Waals surface area contributed by atoms with Crippen molar-refractivity contribution in [2.45, 2.75) is 51.4 Å². The predicted molar refractivity (Wildman–Crippen MR) is 224 cm³/mol. The Morgan fingerprint density at radius 2 is 1.00 bits per heavy atom. The van der Waals surface area contributed by atoms with Gasteiger partial charge in [-0.2, -0.15) is 5.26 Å². The fourth-order valence-electron chi connectivity index (χ4n) is 9.77. The van der Waals surface area contributed by atoms with Gasteiger partial charge in [0.25, 0.3) is 0 Å². The van der Waals surface area contributed by atoms with Crippen molar-refractivity contribution in [2.24, 2.45) is 17.8 Å². The molecule has 2 fully saturated rings. The number of hydrogen-bond acceptors (Lipinski definition) is 4. The van der Waals surface area contributed by atoms with Crippen molar-refractivity contribution in [3.63, 3.8) is 0 Å². The van der Waals surface area contributed by atoms with Gasteiger partial charge < -0.3 is 0 Å². The lowest BCUT2D eigenvalue weighted by molar-refractivity contribution is 0.0780. The van der Waals surface area contributed by atoms with Gasteiger partial charge in [0.2, 0.25) is 0 Å². The van der Waals surface area contributed by atoms with Crippen LogP contribution in [0, 0.1) is 29.1 Å². The Morgan fingerprint density at radius 1 is 0.473 bits per heavy atom. The molecule has 2 aliphatic carbocycles. The first kappa shape index (κ1) is 34.6. The zero-order valence-electron chi connectivity index (χ0n) is 31.5. The van der Waals surface area contributed by atoms with Crippen LogP contribution in [0.2, 0.25) is 0 Å². The van der Waals surface area contributed by atoms with E-state index in [2.05, 4.69) is 135 Å². The normalized spacial score (nSPS) is 20.4. The minimum atomic E-state index is 0.252. The van der Waals surface area contributed by atoms with Crippen LogP contribution < -0.4 is 0 Å². The molecule has 4 heteroatoms. The van der Waals surface area contributed by atoms with Crippen molar-refractivity contribution in [3.05, 3.63) is 163 Å². The van der Waals surface area contributed by atoms with Gasteiger partial charge in [0.1, 0.15) is 0 Å². The molecule has 3 unspecified atom stereocenters. The molecule has 0 N–H and O–H groups in total. The lowest BCUT2D eigenvalue weighted by atomic mass is 9.54. The predicted octanol–water partition coefficient (Wildman–Crippen LogP) is 12.8. The molecule has 0 amide bonds. The summed E-state index contributed by atoms with van der Waals surface area (Å²) in [5.41, 5.74) is 11.6. The van der Waals surface area contributed by atoms with Gasteiger partial charge in [0, 0.05) is 16.7 Å². The van der Waals surface area contributed by atoms with Gasteiger partial charge in [-0.15, -0.1) is 0 Å². The zero-order valence-corrected chi connectivity index (χ0v) is 31.5. The second-order valence-electron chi connectivity index (χ2n) is 16.1. The minimum Gasteiger partial charge on any atom is -0.208 e. The van der Waals surface area contributed by atoms with Crippen LogP contribution in [0.4, 0.5) is 0 Å². The van der Waals surface area contributed by atoms with Crippen molar-refractivity contribution in [1.82, 2.24) is 15.0 Å². The number of nitrogens with zero attached hydrogens (tertiary/aromatic N) is 4. The van der Waals surface area contributed by atoms with Crippen molar-refractivity contribution < 1.29 is 0 Å². The van der Waals surface area contributed by atoms with Crippen molar-refractivity contribution in [3.8, 4) is 73.6 Å². The fourth-order valence-corrected chi connectivity index (χ4v) is 9.77. The maximum atomic E-state index is 9.57. The number of nitriles is 1. The molecule has 1 heterocycles. The average molecular weight is 713 g/mol. The lowest BCUT2D eigenvalue weighted by Gasteiger charge is -2.50. The third kappa shape index (κ3) is 6.99. The van der Waals surface area contributed by atoms with Gasteiger partial charge in [0.05, 0.1) is 11.6 Å². The summed E-state index contributed by atoms with van der Waals surface area (Å²) < 4.78 is 0. The molecule has 0 spiro atoms. The summed E-state index contributed by atoms with van der Waals surface area (Å²) in [4.78, 5) is 15.7.